The molecule has 3 N–H and O–H groups in total. The second kappa shape index (κ2) is 5.11. The number of amides is 1. The van der Waals surface area contributed by atoms with Crippen LogP contribution in [0.3, 0.4) is 0 Å². The average molecular weight is 300 g/mol. The number of H-pyrrole nitrogens is 1. The van der Waals surface area contributed by atoms with Crippen LogP contribution in [0.1, 0.15) is 21.7 Å². The summed E-state index contributed by atoms with van der Waals surface area (Å²) in [4.78, 5) is 12.1. The number of aromatic amines is 1. The summed E-state index contributed by atoms with van der Waals surface area (Å²) < 4.78 is 0. The highest BCUT2D eigenvalue weighted by atomic mass is 35.5. The van der Waals surface area contributed by atoms with Crippen molar-refractivity contribution in [1.29, 1.82) is 0 Å². The molecule has 1 aromatic carbocycles. The number of nitrogens with zero attached hydrogens (tertiary/aromatic N) is 1. The second-order valence-corrected chi connectivity index (χ2v) is 4.87. The lowest BCUT2D eigenvalue weighted by Crippen LogP contribution is -2.13. The summed E-state index contributed by atoms with van der Waals surface area (Å²) in [6, 6.07) is 2.84. The van der Waals surface area contributed by atoms with E-state index in [0.717, 1.165) is 0 Å². The molecule has 0 fully saturated rings. The molecule has 1 aromatic heterocycles. The van der Waals surface area contributed by atoms with E-state index in [9.17, 15) is 9.90 Å². The number of benzene rings is 1. The average Bonchev–Trinajstić information content (AvgIpc) is 2.66. The largest absolute Gasteiger partial charge is 0.505 e. The molecule has 0 unspecified atom stereocenters. The molecule has 0 saturated heterocycles. The van der Waals surface area contributed by atoms with Gasteiger partial charge in [-0.3, -0.25) is 9.89 Å². The van der Waals surface area contributed by atoms with E-state index < -0.39 is 0 Å². The zero-order chi connectivity index (χ0) is 14.2. The maximum absolute atomic E-state index is 12.1. The van der Waals surface area contributed by atoms with Gasteiger partial charge in [0.05, 0.1) is 21.3 Å². The highest BCUT2D eigenvalue weighted by Crippen LogP contribution is 2.34. The summed E-state index contributed by atoms with van der Waals surface area (Å²) >= 11 is 11.6. The van der Waals surface area contributed by atoms with Gasteiger partial charge in [0.15, 0.2) is 5.75 Å². The molecule has 0 bridgehead atoms. The van der Waals surface area contributed by atoms with Crippen LogP contribution in [0, 0.1) is 13.8 Å². The van der Waals surface area contributed by atoms with Crippen LogP contribution in [0.5, 0.6) is 5.75 Å². The maximum Gasteiger partial charge on any atom is 0.259 e. The third kappa shape index (κ3) is 2.67. The molecule has 0 aliphatic rings. The van der Waals surface area contributed by atoms with E-state index in [-0.39, 0.29) is 21.7 Å². The number of phenols is 1. The lowest BCUT2D eigenvalue weighted by molar-refractivity contribution is 0.102. The van der Waals surface area contributed by atoms with Gasteiger partial charge in [-0.25, -0.2) is 0 Å². The lowest BCUT2D eigenvalue weighted by atomic mass is 10.2. The molecule has 19 heavy (non-hydrogen) atoms. The van der Waals surface area contributed by atoms with Crippen LogP contribution >= 0.6 is 23.2 Å². The Balaban J connectivity index is 2.30. The molecular weight excluding hydrogens is 289 g/mol. The van der Waals surface area contributed by atoms with Crippen molar-refractivity contribution < 1.29 is 9.90 Å². The zero-order valence-electron chi connectivity index (χ0n) is 10.2. The molecule has 0 aliphatic heterocycles. The van der Waals surface area contributed by atoms with Crippen molar-refractivity contribution >= 4 is 34.8 Å². The standard InChI is InChI=1S/C12H11Cl2N3O2/c1-5-10(6(2)17-16-5)12(19)15-7-3-8(13)11(18)9(14)4-7/h3-4,18H,1-2H3,(H,15,19)(H,16,17). The van der Waals surface area contributed by atoms with Gasteiger partial charge in [-0.15, -0.1) is 0 Å². The van der Waals surface area contributed by atoms with Crippen LogP contribution in [0.2, 0.25) is 10.0 Å². The van der Waals surface area contributed by atoms with E-state index >= 15 is 0 Å². The van der Waals surface area contributed by atoms with Gasteiger partial charge < -0.3 is 10.4 Å². The minimum atomic E-state index is -0.318. The number of halogens is 2. The van der Waals surface area contributed by atoms with Crippen molar-refractivity contribution in [1.82, 2.24) is 10.2 Å². The van der Waals surface area contributed by atoms with Crippen molar-refractivity contribution in [2.45, 2.75) is 13.8 Å². The fraction of sp³-hybridized carbons (Fsp3) is 0.167. The summed E-state index contributed by atoms with van der Waals surface area (Å²) in [5, 5.41) is 18.9. The Morgan fingerprint density at radius 1 is 1.32 bits per heavy atom. The highest BCUT2D eigenvalue weighted by molar-refractivity contribution is 6.37. The van der Waals surface area contributed by atoms with Crippen LogP contribution in [-0.4, -0.2) is 21.2 Å². The number of aromatic hydroxyl groups is 1. The Hall–Kier alpha value is -1.72. The Morgan fingerprint density at radius 3 is 2.37 bits per heavy atom. The third-order valence-corrected chi connectivity index (χ3v) is 3.21. The van der Waals surface area contributed by atoms with Crippen molar-refractivity contribution in [3.63, 3.8) is 0 Å². The number of phenolic OH excluding ortho intramolecular Hbond substituents is 1. The molecule has 2 rings (SSSR count). The fourth-order valence-electron chi connectivity index (χ4n) is 1.72. The molecule has 2 aromatic rings. The molecule has 100 valence electrons. The summed E-state index contributed by atoms with van der Waals surface area (Å²) in [6.07, 6.45) is 0. The molecule has 0 spiro atoms. The van der Waals surface area contributed by atoms with Gasteiger partial charge >= 0.3 is 0 Å². The van der Waals surface area contributed by atoms with E-state index in [1.807, 2.05) is 0 Å². The van der Waals surface area contributed by atoms with Crippen molar-refractivity contribution in [2.75, 3.05) is 5.32 Å². The number of hydrogen-bond donors (Lipinski definition) is 3. The minimum Gasteiger partial charge on any atom is -0.505 e. The van der Waals surface area contributed by atoms with E-state index in [1.54, 1.807) is 13.8 Å². The number of rotatable bonds is 2. The van der Waals surface area contributed by atoms with Gasteiger partial charge in [-0.05, 0) is 26.0 Å². The van der Waals surface area contributed by atoms with Gasteiger partial charge in [-0.1, -0.05) is 23.2 Å². The van der Waals surface area contributed by atoms with Gasteiger partial charge in [-0.2, -0.15) is 5.10 Å². The maximum atomic E-state index is 12.1. The van der Waals surface area contributed by atoms with Crippen molar-refractivity contribution in [2.24, 2.45) is 0 Å². The molecule has 0 radical (unpaired) electrons. The monoisotopic (exact) mass is 299 g/mol. The molecule has 5 nitrogen and oxygen atoms in total. The summed E-state index contributed by atoms with van der Waals surface area (Å²) in [6.45, 7) is 3.49. The van der Waals surface area contributed by atoms with E-state index in [1.165, 1.54) is 12.1 Å². The van der Waals surface area contributed by atoms with Crippen LogP contribution in [-0.2, 0) is 0 Å². The summed E-state index contributed by atoms with van der Waals surface area (Å²) in [7, 11) is 0. The molecule has 1 heterocycles. The Labute approximate surface area is 119 Å². The fourth-order valence-corrected chi connectivity index (χ4v) is 2.20. The predicted molar refractivity (Wildman–Crippen MR) is 74.1 cm³/mol. The van der Waals surface area contributed by atoms with Gasteiger partial charge in [0.2, 0.25) is 0 Å². The van der Waals surface area contributed by atoms with Crippen LogP contribution < -0.4 is 5.32 Å². The first-order valence-corrected chi connectivity index (χ1v) is 6.16. The minimum absolute atomic E-state index is 0.0726. The Morgan fingerprint density at radius 2 is 1.89 bits per heavy atom. The topological polar surface area (TPSA) is 78.0 Å². The van der Waals surface area contributed by atoms with E-state index in [0.29, 0.717) is 22.6 Å². The Bertz CT molecular complexity index is 610. The van der Waals surface area contributed by atoms with Crippen molar-refractivity contribution in [3.8, 4) is 5.75 Å². The van der Waals surface area contributed by atoms with E-state index in [2.05, 4.69) is 15.5 Å². The zero-order valence-corrected chi connectivity index (χ0v) is 11.7. The van der Waals surface area contributed by atoms with Gasteiger partial charge in [0.25, 0.3) is 5.91 Å². The number of anilines is 1. The quantitative estimate of drug-likeness (QED) is 0.745. The number of carbonyl (C=O) groups excluding carboxylic acids is 1. The van der Waals surface area contributed by atoms with Crippen molar-refractivity contribution in [3.05, 3.63) is 39.1 Å². The Kier molecular flexibility index (Phi) is 3.68. The molecule has 1 amide bonds. The number of hydrogen-bond acceptors (Lipinski definition) is 3. The third-order valence-electron chi connectivity index (χ3n) is 2.63. The van der Waals surface area contributed by atoms with Gasteiger partial charge in [0, 0.05) is 11.4 Å². The van der Waals surface area contributed by atoms with E-state index in [4.69, 9.17) is 23.2 Å². The lowest BCUT2D eigenvalue weighted by Gasteiger charge is -2.08. The highest BCUT2D eigenvalue weighted by Gasteiger charge is 2.16. The first-order valence-electron chi connectivity index (χ1n) is 5.41. The number of aromatic nitrogens is 2. The number of nitrogens with one attached hydrogen (secondary N) is 2. The van der Waals surface area contributed by atoms with Gasteiger partial charge in [0.1, 0.15) is 0 Å². The first kappa shape index (κ1) is 13.7. The SMILES string of the molecule is Cc1n[nH]c(C)c1C(=O)Nc1cc(Cl)c(O)c(Cl)c1. The first-order chi connectivity index (χ1) is 8.90. The number of carbonyl (C=O) groups is 1. The molecule has 0 aliphatic carbocycles. The normalized spacial score (nSPS) is 10.5. The smallest absolute Gasteiger partial charge is 0.259 e. The molecular formula is C12H11Cl2N3O2. The molecule has 0 atom stereocenters. The molecule has 7 heteroatoms. The predicted octanol–water partition coefficient (Wildman–Crippen LogP) is 3.29. The van der Waals surface area contributed by atoms with Crippen LogP contribution in [0.4, 0.5) is 5.69 Å². The van der Waals surface area contributed by atoms with Crippen LogP contribution in [0.25, 0.3) is 0 Å². The second-order valence-electron chi connectivity index (χ2n) is 4.05. The summed E-state index contributed by atoms with van der Waals surface area (Å²) in [5.74, 6) is -0.529. The van der Waals surface area contributed by atoms with Crippen LogP contribution in [0.15, 0.2) is 12.1 Å². The number of aryl methyl sites for hydroxylation is 2. The summed E-state index contributed by atoms with van der Waals surface area (Å²) in [5.41, 5.74) is 2.15. The molecule has 0 saturated carbocycles.